The van der Waals surface area contributed by atoms with Gasteiger partial charge in [-0.2, -0.15) is 0 Å². The maximum atomic E-state index is 12.0. The third kappa shape index (κ3) is 4.63. The van der Waals surface area contributed by atoms with Crippen LogP contribution in [0.15, 0.2) is 0 Å². The molecule has 2 atom stereocenters. The maximum absolute atomic E-state index is 12.0. The molecule has 0 bridgehead atoms. The molecule has 20 heavy (non-hydrogen) atoms. The standard InChI is InChI=1S/C14H25N3O2.ClH/c1-10(11-3-5-15-6-4-11)7-13(18)16-12-8-14(19)17(2)9-12;/h10-12,15H,3-9H2,1-2H3,(H,16,18);1H. The minimum Gasteiger partial charge on any atom is -0.351 e. The lowest BCUT2D eigenvalue weighted by molar-refractivity contribution is -0.126. The normalized spacial score (nSPS) is 25.2. The summed E-state index contributed by atoms with van der Waals surface area (Å²) in [6.45, 7) is 4.95. The first-order chi connectivity index (χ1) is 9.06. The van der Waals surface area contributed by atoms with Gasteiger partial charge < -0.3 is 15.5 Å². The van der Waals surface area contributed by atoms with Crippen molar-refractivity contribution in [2.24, 2.45) is 11.8 Å². The molecule has 6 heteroatoms. The van der Waals surface area contributed by atoms with E-state index in [0.29, 0.717) is 31.2 Å². The highest BCUT2D eigenvalue weighted by Crippen LogP contribution is 2.24. The number of amides is 2. The van der Waals surface area contributed by atoms with Gasteiger partial charge in [0.1, 0.15) is 0 Å². The molecule has 116 valence electrons. The van der Waals surface area contributed by atoms with Gasteiger partial charge in [-0.05, 0) is 37.8 Å². The number of piperidine rings is 1. The first-order valence-corrected chi connectivity index (χ1v) is 7.30. The Kier molecular flexibility index (Phi) is 6.76. The summed E-state index contributed by atoms with van der Waals surface area (Å²) in [5, 5.41) is 6.34. The minimum atomic E-state index is 0. The summed E-state index contributed by atoms with van der Waals surface area (Å²) in [5.74, 6) is 1.30. The molecule has 2 rings (SSSR count). The molecule has 0 aliphatic carbocycles. The molecule has 2 heterocycles. The van der Waals surface area contributed by atoms with Crippen molar-refractivity contribution >= 4 is 24.2 Å². The lowest BCUT2D eigenvalue weighted by atomic mass is 9.84. The van der Waals surface area contributed by atoms with Crippen molar-refractivity contribution < 1.29 is 9.59 Å². The lowest BCUT2D eigenvalue weighted by Crippen LogP contribution is -2.38. The van der Waals surface area contributed by atoms with Crippen molar-refractivity contribution in [3.05, 3.63) is 0 Å². The number of nitrogens with one attached hydrogen (secondary N) is 2. The monoisotopic (exact) mass is 303 g/mol. The molecule has 0 radical (unpaired) electrons. The number of carbonyl (C=O) groups excluding carboxylic acids is 2. The van der Waals surface area contributed by atoms with E-state index < -0.39 is 0 Å². The van der Waals surface area contributed by atoms with Gasteiger partial charge in [-0.25, -0.2) is 0 Å². The zero-order chi connectivity index (χ0) is 13.8. The van der Waals surface area contributed by atoms with Gasteiger partial charge in [-0.1, -0.05) is 6.92 Å². The Morgan fingerprint density at radius 1 is 1.45 bits per heavy atom. The molecule has 2 aliphatic heterocycles. The fourth-order valence-corrected chi connectivity index (χ4v) is 3.12. The minimum absolute atomic E-state index is 0. The van der Waals surface area contributed by atoms with Crippen molar-refractivity contribution in [1.82, 2.24) is 15.5 Å². The fourth-order valence-electron chi connectivity index (χ4n) is 3.12. The van der Waals surface area contributed by atoms with Crippen LogP contribution in [0.3, 0.4) is 0 Å². The molecule has 2 unspecified atom stereocenters. The molecule has 0 saturated carbocycles. The first-order valence-electron chi connectivity index (χ1n) is 7.30. The van der Waals surface area contributed by atoms with Gasteiger partial charge in [0, 0.05) is 26.4 Å². The second-order valence-electron chi connectivity index (χ2n) is 6.01. The Bertz CT molecular complexity index is 345. The number of hydrogen-bond acceptors (Lipinski definition) is 3. The van der Waals surface area contributed by atoms with Crippen LogP contribution in [0.1, 0.15) is 32.6 Å². The van der Waals surface area contributed by atoms with E-state index >= 15 is 0 Å². The van der Waals surface area contributed by atoms with Crippen molar-refractivity contribution in [3.8, 4) is 0 Å². The second kappa shape index (κ2) is 7.84. The Labute approximate surface area is 127 Å². The maximum Gasteiger partial charge on any atom is 0.224 e. The topological polar surface area (TPSA) is 61.4 Å². The molecule has 2 amide bonds. The summed E-state index contributed by atoms with van der Waals surface area (Å²) in [5.41, 5.74) is 0. The Morgan fingerprint density at radius 2 is 2.10 bits per heavy atom. The van der Waals surface area contributed by atoms with E-state index in [4.69, 9.17) is 0 Å². The molecule has 0 spiro atoms. The van der Waals surface area contributed by atoms with Crippen LogP contribution >= 0.6 is 12.4 Å². The van der Waals surface area contributed by atoms with E-state index in [2.05, 4.69) is 17.6 Å². The van der Waals surface area contributed by atoms with E-state index in [9.17, 15) is 9.59 Å². The summed E-state index contributed by atoms with van der Waals surface area (Å²) in [6, 6.07) is 0.00484. The molecule has 2 N–H and O–H groups in total. The van der Waals surface area contributed by atoms with Gasteiger partial charge in [0.2, 0.25) is 11.8 Å². The summed E-state index contributed by atoms with van der Waals surface area (Å²) >= 11 is 0. The predicted molar refractivity (Wildman–Crippen MR) is 80.8 cm³/mol. The van der Waals surface area contributed by atoms with Crippen molar-refractivity contribution in [2.45, 2.75) is 38.6 Å². The van der Waals surface area contributed by atoms with E-state index in [1.165, 1.54) is 12.8 Å². The van der Waals surface area contributed by atoms with Gasteiger partial charge >= 0.3 is 0 Å². The van der Waals surface area contributed by atoms with Gasteiger partial charge in [-0.3, -0.25) is 9.59 Å². The zero-order valence-corrected chi connectivity index (χ0v) is 13.2. The van der Waals surface area contributed by atoms with Gasteiger partial charge in [0.25, 0.3) is 0 Å². The zero-order valence-electron chi connectivity index (χ0n) is 12.4. The third-order valence-corrected chi connectivity index (χ3v) is 4.40. The van der Waals surface area contributed by atoms with Crippen molar-refractivity contribution in [3.63, 3.8) is 0 Å². The summed E-state index contributed by atoms with van der Waals surface area (Å²) in [6.07, 6.45) is 3.36. The van der Waals surface area contributed by atoms with Crippen LogP contribution < -0.4 is 10.6 Å². The fraction of sp³-hybridized carbons (Fsp3) is 0.857. The van der Waals surface area contributed by atoms with Crippen LogP contribution in [0, 0.1) is 11.8 Å². The Balaban J connectivity index is 0.00000200. The molecule has 0 aromatic heterocycles. The number of rotatable bonds is 4. The molecular formula is C14H26ClN3O2. The SMILES string of the molecule is CC(CC(=O)NC1CC(=O)N(C)C1)C1CCNCC1.Cl. The number of nitrogens with zero attached hydrogens (tertiary/aromatic N) is 1. The summed E-state index contributed by atoms with van der Waals surface area (Å²) in [7, 11) is 1.78. The van der Waals surface area contributed by atoms with Crippen LogP contribution in [0.2, 0.25) is 0 Å². The summed E-state index contributed by atoms with van der Waals surface area (Å²) < 4.78 is 0. The smallest absolute Gasteiger partial charge is 0.224 e. The van der Waals surface area contributed by atoms with Crippen LogP contribution in [0.4, 0.5) is 0 Å². The molecular weight excluding hydrogens is 278 g/mol. The number of halogens is 1. The predicted octanol–water partition coefficient (Wildman–Crippen LogP) is 0.781. The van der Waals surface area contributed by atoms with Gasteiger partial charge in [0.15, 0.2) is 0 Å². The summed E-state index contributed by atoms with van der Waals surface area (Å²) in [4.78, 5) is 25.1. The highest BCUT2D eigenvalue weighted by atomic mass is 35.5. The van der Waals surface area contributed by atoms with E-state index in [1.54, 1.807) is 11.9 Å². The van der Waals surface area contributed by atoms with Crippen LogP contribution in [-0.2, 0) is 9.59 Å². The van der Waals surface area contributed by atoms with E-state index in [0.717, 1.165) is 13.1 Å². The lowest BCUT2D eigenvalue weighted by Gasteiger charge is -2.28. The van der Waals surface area contributed by atoms with Crippen molar-refractivity contribution in [2.75, 3.05) is 26.7 Å². The van der Waals surface area contributed by atoms with Crippen LogP contribution in [0.5, 0.6) is 0 Å². The largest absolute Gasteiger partial charge is 0.351 e. The number of likely N-dealkylation sites (N-methyl/N-ethyl adjacent to an activating group) is 1. The number of carbonyl (C=O) groups is 2. The first kappa shape index (κ1) is 17.2. The van der Waals surface area contributed by atoms with Crippen LogP contribution in [0.25, 0.3) is 0 Å². The third-order valence-electron chi connectivity index (χ3n) is 4.40. The second-order valence-corrected chi connectivity index (χ2v) is 6.01. The van der Waals surface area contributed by atoms with Gasteiger partial charge in [-0.15, -0.1) is 12.4 Å². The quantitative estimate of drug-likeness (QED) is 0.807. The van der Waals surface area contributed by atoms with E-state index in [1.807, 2.05) is 0 Å². The Morgan fingerprint density at radius 3 is 2.65 bits per heavy atom. The molecule has 2 aliphatic rings. The van der Waals surface area contributed by atoms with E-state index in [-0.39, 0.29) is 30.3 Å². The van der Waals surface area contributed by atoms with Crippen LogP contribution in [-0.4, -0.2) is 49.4 Å². The number of hydrogen-bond donors (Lipinski definition) is 2. The number of likely N-dealkylation sites (tertiary alicyclic amines) is 1. The Hall–Kier alpha value is -0.810. The molecule has 0 aromatic rings. The molecule has 2 fully saturated rings. The highest BCUT2D eigenvalue weighted by molar-refractivity contribution is 5.85. The molecule has 2 saturated heterocycles. The highest BCUT2D eigenvalue weighted by Gasteiger charge is 2.29. The van der Waals surface area contributed by atoms with Gasteiger partial charge in [0.05, 0.1) is 6.04 Å². The average molecular weight is 304 g/mol. The molecule has 5 nitrogen and oxygen atoms in total. The van der Waals surface area contributed by atoms with Crippen molar-refractivity contribution in [1.29, 1.82) is 0 Å². The average Bonchev–Trinajstić information content (AvgIpc) is 2.69. The molecule has 0 aromatic carbocycles.